The van der Waals surface area contributed by atoms with Gasteiger partial charge in [0.1, 0.15) is 0 Å². The monoisotopic (exact) mass is 585 g/mol. The number of hydrogen-bond acceptors (Lipinski definition) is 4. The Morgan fingerprint density at radius 3 is 2.31 bits per heavy atom. The van der Waals surface area contributed by atoms with Crippen molar-refractivity contribution in [3.63, 3.8) is 0 Å². The van der Waals surface area contributed by atoms with E-state index in [0.29, 0.717) is 38.2 Å². The number of carboxylic acid groups (broad SMARTS) is 1. The average molecular weight is 586 g/mol. The van der Waals surface area contributed by atoms with E-state index in [1.807, 2.05) is 48.5 Å². The number of carbonyl (C=O) groups is 1. The third-order valence-electron chi connectivity index (χ3n) is 7.36. The van der Waals surface area contributed by atoms with Gasteiger partial charge in [0.15, 0.2) is 6.10 Å². The molecule has 5 nitrogen and oxygen atoms in total. The van der Waals surface area contributed by atoms with Gasteiger partial charge in [0.05, 0.1) is 6.61 Å². The second-order valence-corrected chi connectivity index (χ2v) is 10.6. The molecule has 0 bridgehead atoms. The number of carboxylic acids is 1. The van der Waals surface area contributed by atoms with Crippen LogP contribution in [-0.2, 0) is 9.53 Å². The summed E-state index contributed by atoms with van der Waals surface area (Å²) in [5.41, 5.74) is 4.98. The van der Waals surface area contributed by atoms with Gasteiger partial charge in [-0.05, 0) is 73.3 Å². The highest BCUT2D eigenvalue weighted by Gasteiger charge is 2.36. The van der Waals surface area contributed by atoms with Gasteiger partial charge >= 0.3 is 12.1 Å². The lowest BCUT2D eigenvalue weighted by atomic mass is 9.85. The van der Waals surface area contributed by atoms with E-state index in [-0.39, 0.29) is 18.9 Å². The summed E-state index contributed by atoms with van der Waals surface area (Å²) in [7, 11) is 0. The second-order valence-electron chi connectivity index (χ2n) is 10.6. The van der Waals surface area contributed by atoms with Crippen LogP contribution in [0.25, 0.3) is 22.3 Å². The summed E-state index contributed by atoms with van der Waals surface area (Å²) >= 11 is 0. The minimum atomic E-state index is -4.40. The summed E-state index contributed by atoms with van der Waals surface area (Å²) in [6, 6.07) is 20.1. The Balaban J connectivity index is 1.85. The number of alkyl halides is 3. The molecule has 2 unspecified atom stereocenters. The topological polar surface area (TPSA) is 68.7 Å². The fraction of sp³-hybridized carbons (Fsp3) is 0.471. The molecular formula is C34H42F3NO4. The molecule has 0 spiro atoms. The molecule has 0 amide bonds. The standard InChI is InChI=1S/C34H42F3NO4/c1-3-4-5-9-21-42-32-20-18-29(24-38-32)31-23-28(17-19-30(31)27-12-7-6-8-13-27)26(14-10-16-33(39)40)15-11-22-41-25(2)34(35,36)37/h6-8,12-13,17-20,23-26H,3-5,9-11,14-16,21-22H2,1-2H3,(H,39,40). The zero-order valence-electron chi connectivity index (χ0n) is 24.5. The smallest absolute Gasteiger partial charge is 0.414 e. The summed E-state index contributed by atoms with van der Waals surface area (Å²) in [4.78, 5) is 15.7. The fourth-order valence-electron chi connectivity index (χ4n) is 4.92. The Morgan fingerprint density at radius 1 is 0.881 bits per heavy atom. The second kappa shape index (κ2) is 16.9. The maximum atomic E-state index is 12.9. The van der Waals surface area contributed by atoms with Crippen LogP contribution in [0.2, 0.25) is 0 Å². The summed E-state index contributed by atoms with van der Waals surface area (Å²) < 4.78 is 49.4. The number of aromatic nitrogens is 1. The number of nitrogens with zero attached hydrogens (tertiary/aromatic N) is 1. The number of rotatable bonds is 18. The molecule has 1 aromatic heterocycles. The Bertz CT molecular complexity index is 1220. The van der Waals surface area contributed by atoms with Gasteiger partial charge in [-0.2, -0.15) is 13.2 Å². The predicted molar refractivity (Wildman–Crippen MR) is 160 cm³/mol. The Labute approximate surface area is 247 Å². The lowest BCUT2D eigenvalue weighted by Crippen LogP contribution is -2.28. The van der Waals surface area contributed by atoms with Crippen molar-refractivity contribution in [2.75, 3.05) is 13.2 Å². The molecule has 3 aromatic rings. The molecular weight excluding hydrogens is 543 g/mol. The molecule has 0 fully saturated rings. The van der Waals surface area contributed by atoms with Crippen LogP contribution in [0, 0.1) is 0 Å². The van der Waals surface area contributed by atoms with E-state index in [1.54, 1.807) is 6.20 Å². The normalized spacial score (nSPS) is 13.1. The van der Waals surface area contributed by atoms with Crippen molar-refractivity contribution < 1.29 is 32.5 Å². The number of aliphatic carboxylic acids is 1. The van der Waals surface area contributed by atoms with E-state index in [1.165, 1.54) is 12.8 Å². The van der Waals surface area contributed by atoms with Crippen LogP contribution in [0.3, 0.4) is 0 Å². The van der Waals surface area contributed by atoms with Crippen molar-refractivity contribution in [2.24, 2.45) is 0 Å². The molecule has 0 saturated heterocycles. The van der Waals surface area contributed by atoms with Gasteiger partial charge in [-0.15, -0.1) is 0 Å². The first-order valence-corrected chi connectivity index (χ1v) is 14.9. The van der Waals surface area contributed by atoms with Crippen molar-refractivity contribution in [1.29, 1.82) is 0 Å². The molecule has 0 aliphatic carbocycles. The summed E-state index contributed by atoms with van der Waals surface area (Å²) in [6.07, 6.45) is 2.18. The van der Waals surface area contributed by atoms with Crippen molar-refractivity contribution in [3.05, 3.63) is 72.4 Å². The molecule has 3 rings (SSSR count). The molecule has 0 aliphatic rings. The predicted octanol–water partition coefficient (Wildman–Crippen LogP) is 9.46. The maximum Gasteiger partial charge on any atom is 0.414 e. The number of halogens is 3. The summed E-state index contributed by atoms with van der Waals surface area (Å²) in [5.74, 6) is -0.321. The van der Waals surface area contributed by atoms with E-state index in [4.69, 9.17) is 9.47 Å². The molecule has 228 valence electrons. The first kappa shape index (κ1) is 33.1. The number of unbranched alkanes of at least 4 members (excludes halogenated alkanes) is 3. The van der Waals surface area contributed by atoms with E-state index >= 15 is 0 Å². The first-order chi connectivity index (χ1) is 20.2. The zero-order valence-corrected chi connectivity index (χ0v) is 24.5. The zero-order chi connectivity index (χ0) is 30.4. The molecule has 8 heteroatoms. The van der Waals surface area contributed by atoms with Crippen molar-refractivity contribution in [3.8, 4) is 28.1 Å². The fourth-order valence-corrected chi connectivity index (χ4v) is 4.92. The molecule has 2 aromatic carbocycles. The highest BCUT2D eigenvalue weighted by atomic mass is 19.4. The highest BCUT2D eigenvalue weighted by Crippen LogP contribution is 2.37. The van der Waals surface area contributed by atoms with Crippen molar-refractivity contribution in [1.82, 2.24) is 4.98 Å². The molecule has 0 saturated carbocycles. The van der Waals surface area contributed by atoms with Crippen molar-refractivity contribution in [2.45, 2.75) is 89.8 Å². The van der Waals surface area contributed by atoms with Crippen molar-refractivity contribution >= 4 is 5.97 Å². The van der Waals surface area contributed by atoms with Crippen LogP contribution in [0.4, 0.5) is 13.2 Å². The molecule has 2 atom stereocenters. The molecule has 1 heterocycles. The van der Waals surface area contributed by atoms with E-state index in [2.05, 4.69) is 24.0 Å². The highest BCUT2D eigenvalue weighted by molar-refractivity contribution is 5.83. The largest absolute Gasteiger partial charge is 0.481 e. The SMILES string of the molecule is CCCCCCOc1ccc(-c2cc(C(CCCOC(C)C(F)(F)F)CCCC(=O)O)ccc2-c2ccccc2)cn1. The number of benzene rings is 2. The lowest BCUT2D eigenvalue weighted by Gasteiger charge is -2.21. The van der Waals surface area contributed by atoms with Gasteiger partial charge < -0.3 is 14.6 Å². The third kappa shape index (κ3) is 10.8. The van der Waals surface area contributed by atoms with Crippen LogP contribution in [0.5, 0.6) is 5.88 Å². The Morgan fingerprint density at radius 2 is 1.64 bits per heavy atom. The van der Waals surface area contributed by atoms with Gasteiger partial charge in [0.25, 0.3) is 0 Å². The van der Waals surface area contributed by atoms with Crippen LogP contribution in [0.1, 0.15) is 83.1 Å². The number of hydrogen-bond donors (Lipinski definition) is 1. The van der Waals surface area contributed by atoms with E-state index < -0.39 is 18.2 Å². The summed E-state index contributed by atoms with van der Waals surface area (Å²) in [6.45, 7) is 3.79. The quantitative estimate of drug-likeness (QED) is 0.151. The molecule has 1 N–H and O–H groups in total. The Hall–Kier alpha value is -3.39. The minimum Gasteiger partial charge on any atom is -0.481 e. The molecule has 42 heavy (non-hydrogen) atoms. The van der Waals surface area contributed by atoms with Crippen LogP contribution >= 0.6 is 0 Å². The lowest BCUT2D eigenvalue weighted by molar-refractivity contribution is -0.214. The molecule has 0 aliphatic heterocycles. The van der Waals surface area contributed by atoms with Crippen LogP contribution < -0.4 is 4.74 Å². The van der Waals surface area contributed by atoms with Gasteiger partial charge in [-0.25, -0.2) is 4.98 Å². The van der Waals surface area contributed by atoms with Gasteiger partial charge in [0.2, 0.25) is 5.88 Å². The van der Waals surface area contributed by atoms with Gasteiger partial charge in [-0.3, -0.25) is 4.79 Å². The van der Waals surface area contributed by atoms with E-state index in [0.717, 1.165) is 47.6 Å². The minimum absolute atomic E-state index is 0.0190. The first-order valence-electron chi connectivity index (χ1n) is 14.9. The average Bonchev–Trinajstić information content (AvgIpc) is 2.98. The van der Waals surface area contributed by atoms with Crippen LogP contribution in [-0.4, -0.2) is 41.6 Å². The third-order valence-corrected chi connectivity index (χ3v) is 7.36. The summed E-state index contributed by atoms with van der Waals surface area (Å²) in [5, 5.41) is 9.17. The maximum absolute atomic E-state index is 12.9. The van der Waals surface area contributed by atoms with Gasteiger partial charge in [-0.1, -0.05) is 74.7 Å². The Kier molecular flexibility index (Phi) is 13.3. The number of ether oxygens (including phenoxy) is 2. The van der Waals surface area contributed by atoms with Gasteiger partial charge in [0, 0.05) is 30.9 Å². The van der Waals surface area contributed by atoms with Crippen LogP contribution in [0.15, 0.2) is 66.9 Å². The molecule has 0 radical (unpaired) electrons. The number of pyridine rings is 1. The van der Waals surface area contributed by atoms with E-state index in [9.17, 15) is 23.1 Å².